The summed E-state index contributed by atoms with van der Waals surface area (Å²) < 4.78 is 12.4. The number of para-hydroxylation sites is 1. The predicted octanol–water partition coefficient (Wildman–Crippen LogP) is 4.10. The van der Waals surface area contributed by atoms with Crippen LogP contribution in [0.5, 0.6) is 5.75 Å². The van der Waals surface area contributed by atoms with Gasteiger partial charge < -0.3 is 14.4 Å². The van der Waals surface area contributed by atoms with Gasteiger partial charge >= 0.3 is 0 Å². The van der Waals surface area contributed by atoms with Crippen LogP contribution in [0.3, 0.4) is 0 Å². The van der Waals surface area contributed by atoms with E-state index in [2.05, 4.69) is 36.1 Å². The standard InChI is InChI=1S/C22H21NO3/c1-14-8-10-15(11-9-14)23-13-18-20(24)16-5-2-3-7-19(16)26-21(18)17-6-4-12-25-22(17)23/h2-3,5,7-11,13,17,21-22H,4,6,12H2,1H3/t17-,21+,22-/m0/s1. The van der Waals surface area contributed by atoms with E-state index in [9.17, 15) is 4.79 Å². The number of Topliss-reactive ketones (excluding diaryl/α,β-unsaturated/α-hetero) is 1. The summed E-state index contributed by atoms with van der Waals surface area (Å²) in [6.07, 6.45) is 3.60. The smallest absolute Gasteiger partial charge is 0.197 e. The Labute approximate surface area is 153 Å². The van der Waals surface area contributed by atoms with Crippen molar-refractivity contribution in [1.29, 1.82) is 0 Å². The van der Waals surface area contributed by atoms with Gasteiger partial charge in [0.1, 0.15) is 18.1 Å². The van der Waals surface area contributed by atoms with Crippen molar-refractivity contribution in [2.75, 3.05) is 11.5 Å². The topological polar surface area (TPSA) is 38.8 Å². The third-order valence-electron chi connectivity index (χ3n) is 5.56. The van der Waals surface area contributed by atoms with Crippen molar-refractivity contribution in [1.82, 2.24) is 0 Å². The Morgan fingerprint density at radius 3 is 2.73 bits per heavy atom. The molecule has 2 aromatic carbocycles. The lowest BCUT2D eigenvalue weighted by molar-refractivity contribution is -0.0599. The molecule has 4 heteroatoms. The molecule has 2 aromatic rings. The van der Waals surface area contributed by atoms with Crippen LogP contribution in [-0.2, 0) is 4.74 Å². The van der Waals surface area contributed by atoms with Crippen LogP contribution in [0.15, 0.2) is 60.3 Å². The number of carbonyl (C=O) groups excluding carboxylic acids is 1. The molecule has 0 radical (unpaired) electrons. The Kier molecular flexibility index (Phi) is 3.61. The molecule has 4 nitrogen and oxygen atoms in total. The van der Waals surface area contributed by atoms with Crippen molar-refractivity contribution >= 4 is 11.5 Å². The molecule has 3 heterocycles. The second-order valence-electron chi connectivity index (χ2n) is 7.26. The highest BCUT2D eigenvalue weighted by Crippen LogP contribution is 2.43. The van der Waals surface area contributed by atoms with Crippen LogP contribution >= 0.6 is 0 Å². The Bertz CT molecular complexity index is 887. The van der Waals surface area contributed by atoms with Crippen molar-refractivity contribution in [3.63, 3.8) is 0 Å². The highest BCUT2D eigenvalue weighted by atomic mass is 16.5. The van der Waals surface area contributed by atoms with E-state index < -0.39 is 0 Å². The summed E-state index contributed by atoms with van der Waals surface area (Å²) in [5, 5.41) is 0. The van der Waals surface area contributed by atoms with E-state index in [4.69, 9.17) is 9.47 Å². The van der Waals surface area contributed by atoms with Gasteiger partial charge in [0.25, 0.3) is 0 Å². The highest BCUT2D eigenvalue weighted by Gasteiger charge is 2.47. The molecule has 3 aliphatic rings. The zero-order chi connectivity index (χ0) is 17.7. The molecule has 0 bridgehead atoms. The van der Waals surface area contributed by atoms with Gasteiger partial charge in [-0.25, -0.2) is 0 Å². The average molecular weight is 347 g/mol. The zero-order valence-electron chi connectivity index (χ0n) is 14.7. The van der Waals surface area contributed by atoms with Gasteiger partial charge in [-0.1, -0.05) is 29.8 Å². The SMILES string of the molecule is Cc1ccc(N2C=C3C(=O)c4ccccc4O[C@@H]3[C@@H]3CCCO[C@@H]32)cc1. The Morgan fingerprint density at radius 2 is 1.88 bits per heavy atom. The normalized spacial score (nSPS) is 27.0. The molecule has 0 aliphatic carbocycles. The minimum Gasteiger partial charge on any atom is -0.484 e. The van der Waals surface area contributed by atoms with Crippen LogP contribution in [0.1, 0.15) is 28.8 Å². The minimum absolute atomic E-state index is 0.0676. The summed E-state index contributed by atoms with van der Waals surface area (Å²) in [6.45, 7) is 2.81. The summed E-state index contributed by atoms with van der Waals surface area (Å²) in [5.41, 5.74) is 3.64. The second kappa shape index (κ2) is 5.99. The zero-order valence-corrected chi connectivity index (χ0v) is 14.7. The van der Waals surface area contributed by atoms with Crippen molar-refractivity contribution in [2.24, 2.45) is 5.92 Å². The van der Waals surface area contributed by atoms with E-state index in [0.29, 0.717) is 11.3 Å². The fourth-order valence-electron chi connectivity index (χ4n) is 4.23. The third-order valence-corrected chi connectivity index (χ3v) is 5.56. The lowest BCUT2D eigenvalue weighted by Crippen LogP contribution is -2.55. The number of nitrogens with zero attached hydrogens (tertiary/aromatic N) is 1. The molecule has 0 N–H and O–H groups in total. The molecule has 132 valence electrons. The van der Waals surface area contributed by atoms with Gasteiger partial charge in [0.2, 0.25) is 0 Å². The summed E-state index contributed by atoms with van der Waals surface area (Å²) in [4.78, 5) is 15.3. The van der Waals surface area contributed by atoms with E-state index in [1.165, 1.54) is 5.56 Å². The third kappa shape index (κ3) is 2.36. The van der Waals surface area contributed by atoms with E-state index in [-0.39, 0.29) is 24.0 Å². The minimum atomic E-state index is -0.232. The Hall–Kier alpha value is -2.59. The van der Waals surface area contributed by atoms with Crippen LogP contribution in [0.4, 0.5) is 5.69 Å². The van der Waals surface area contributed by atoms with Crippen LogP contribution in [0.2, 0.25) is 0 Å². The number of hydrogen-bond acceptors (Lipinski definition) is 4. The van der Waals surface area contributed by atoms with Crippen LogP contribution in [0, 0.1) is 12.8 Å². The fraction of sp³-hybridized carbons (Fsp3) is 0.318. The number of rotatable bonds is 1. The van der Waals surface area contributed by atoms with Crippen molar-refractivity contribution in [3.8, 4) is 5.75 Å². The molecule has 5 rings (SSSR count). The van der Waals surface area contributed by atoms with Crippen molar-refractivity contribution in [2.45, 2.75) is 32.1 Å². The van der Waals surface area contributed by atoms with Crippen LogP contribution < -0.4 is 9.64 Å². The van der Waals surface area contributed by atoms with Gasteiger partial charge in [0, 0.05) is 24.4 Å². The maximum Gasteiger partial charge on any atom is 0.197 e. The number of ketones is 1. The van der Waals surface area contributed by atoms with E-state index in [0.717, 1.165) is 30.7 Å². The molecule has 0 unspecified atom stereocenters. The van der Waals surface area contributed by atoms with E-state index in [1.54, 1.807) is 0 Å². The molecule has 3 aliphatic heterocycles. The first-order valence-electron chi connectivity index (χ1n) is 9.21. The largest absolute Gasteiger partial charge is 0.484 e. The van der Waals surface area contributed by atoms with Crippen LogP contribution in [0.25, 0.3) is 0 Å². The number of fused-ring (bicyclic) bond motifs is 4. The molecule has 0 aromatic heterocycles. The molecule has 0 amide bonds. The first kappa shape index (κ1) is 15.6. The molecule has 26 heavy (non-hydrogen) atoms. The lowest BCUT2D eigenvalue weighted by atomic mass is 9.81. The van der Waals surface area contributed by atoms with Gasteiger partial charge in [0.15, 0.2) is 5.78 Å². The van der Waals surface area contributed by atoms with E-state index in [1.807, 2.05) is 30.5 Å². The van der Waals surface area contributed by atoms with Gasteiger partial charge in [-0.3, -0.25) is 4.79 Å². The predicted molar refractivity (Wildman–Crippen MR) is 99.4 cm³/mol. The molecular weight excluding hydrogens is 326 g/mol. The average Bonchev–Trinajstić information content (AvgIpc) is 2.69. The number of aryl methyl sites for hydroxylation is 1. The monoisotopic (exact) mass is 347 g/mol. The maximum atomic E-state index is 13.1. The second-order valence-corrected chi connectivity index (χ2v) is 7.26. The summed E-state index contributed by atoms with van der Waals surface area (Å²) >= 11 is 0. The van der Waals surface area contributed by atoms with Crippen molar-refractivity contribution in [3.05, 3.63) is 71.4 Å². The van der Waals surface area contributed by atoms with Gasteiger partial charge in [-0.05, 0) is 44.0 Å². The fourth-order valence-corrected chi connectivity index (χ4v) is 4.23. The summed E-state index contributed by atoms with van der Waals surface area (Å²) in [5.74, 6) is 0.896. The first-order valence-corrected chi connectivity index (χ1v) is 9.21. The molecular formula is C22H21NO3. The number of hydrogen-bond donors (Lipinski definition) is 0. The molecule has 0 saturated carbocycles. The quantitative estimate of drug-likeness (QED) is 0.779. The number of benzene rings is 2. The number of carbonyl (C=O) groups is 1. The van der Waals surface area contributed by atoms with E-state index >= 15 is 0 Å². The lowest BCUT2D eigenvalue weighted by Gasteiger charge is -2.47. The molecule has 1 saturated heterocycles. The highest BCUT2D eigenvalue weighted by molar-refractivity contribution is 6.12. The van der Waals surface area contributed by atoms with Gasteiger partial charge in [-0.2, -0.15) is 0 Å². The maximum absolute atomic E-state index is 13.1. The first-order chi connectivity index (χ1) is 12.7. The van der Waals surface area contributed by atoms with Crippen molar-refractivity contribution < 1.29 is 14.3 Å². The number of ether oxygens (including phenoxy) is 2. The van der Waals surface area contributed by atoms with Crippen LogP contribution in [-0.4, -0.2) is 24.7 Å². The Morgan fingerprint density at radius 1 is 1.08 bits per heavy atom. The summed E-state index contributed by atoms with van der Waals surface area (Å²) in [6, 6.07) is 15.9. The number of anilines is 1. The molecule has 3 atom stereocenters. The molecule has 1 fully saturated rings. The summed E-state index contributed by atoms with van der Waals surface area (Å²) in [7, 11) is 0. The van der Waals surface area contributed by atoms with Gasteiger partial charge in [0.05, 0.1) is 11.1 Å². The Balaban J connectivity index is 1.63. The molecule has 0 spiro atoms. The van der Waals surface area contributed by atoms with Gasteiger partial charge in [-0.15, -0.1) is 0 Å².